The molecule has 0 radical (unpaired) electrons. The minimum atomic E-state index is -3.50. The molecule has 1 aromatic rings. The average molecular weight is 1480 g/mol. The Morgan fingerprint density at radius 3 is 1.63 bits per heavy atom. The van der Waals surface area contributed by atoms with Gasteiger partial charge in [-0.25, -0.2) is 0 Å². The molecule has 0 aromatic heterocycles. The van der Waals surface area contributed by atoms with E-state index in [-0.39, 0.29) is 12.6 Å². The highest BCUT2D eigenvalue weighted by Crippen LogP contribution is 2.41. The normalized spacial score (nSPS) is 35.4. The number of allylic oxidation sites excluding steroid dienone is 2. The quantitative estimate of drug-likeness (QED) is 0.0215. The van der Waals surface area contributed by atoms with Gasteiger partial charge in [0.25, 0.3) is 0 Å². The average Bonchev–Trinajstić information content (AvgIpc) is 0.755. The van der Waals surface area contributed by atoms with E-state index in [0.717, 1.165) is 51.5 Å². The van der Waals surface area contributed by atoms with Crippen LogP contribution in [0.4, 0.5) is 0 Å². The first-order chi connectivity index (χ1) is 48.8. The Balaban J connectivity index is 0.0000191. The lowest BCUT2D eigenvalue weighted by Gasteiger charge is -2.54. The van der Waals surface area contributed by atoms with Crippen LogP contribution in [0.1, 0.15) is 135 Å². The molecule has 0 saturated carbocycles. The van der Waals surface area contributed by atoms with Gasteiger partial charge in [-0.15, -0.1) is 0 Å². The number of carboxylic acids is 1. The number of amides is 3. The van der Waals surface area contributed by atoms with Crippen LogP contribution in [0.15, 0.2) is 48.6 Å². The Morgan fingerprint density at radius 1 is 0.573 bits per heavy atom. The van der Waals surface area contributed by atoms with Crippen molar-refractivity contribution in [3.63, 3.8) is 0 Å². The first-order valence-electron chi connectivity index (χ1n) is 35.3. The van der Waals surface area contributed by atoms with Gasteiger partial charge in [-0.05, 0) is 12.0 Å². The number of benzene rings is 1. The van der Waals surface area contributed by atoms with Crippen LogP contribution in [0.2, 0.25) is 0 Å². The maximum atomic E-state index is 13.7. The van der Waals surface area contributed by atoms with Gasteiger partial charge in [0.15, 0.2) is 25.2 Å². The summed E-state index contributed by atoms with van der Waals surface area (Å²) in [5.41, 5.74) is 0.856. The Labute approximate surface area is 598 Å². The van der Waals surface area contributed by atoms with Crippen LogP contribution in [0, 0.1) is 0 Å². The number of nitrogens with one attached hydrogen (secondary N) is 3. The third-order valence-electron chi connectivity index (χ3n) is 18.8. The molecule has 28 atom stereocenters. The predicted molar refractivity (Wildman–Crippen MR) is 356 cm³/mol. The van der Waals surface area contributed by atoms with Crippen molar-refractivity contribution in [2.45, 2.75) is 301 Å². The predicted octanol–water partition coefficient (Wildman–Crippen LogP) is -4.99. The molecule has 0 aliphatic carbocycles. The van der Waals surface area contributed by atoms with Crippen molar-refractivity contribution in [3.05, 3.63) is 54.1 Å². The van der Waals surface area contributed by atoms with E-state index in [1.807, 2.05) is 30.3 Å². The van der Waals surface area contributed by atoms with Gasteiger partial charge >= 0.3 is 0 Å². The third-order valence-corrected chi connectivity index (χ3v) is 18.8. The zero-order chi connectivity index (χ0) is 74.8. The molecule has 2 unspecified atom stereocenters. The molecule has 5 saturated heterocycles. The highest BCUT2D eigenvalue weighted by Gasteiger charge is 2.61. The number of hydrogen-bond acceptors (Lipinski definition) is 31. The van der Waals surface area contributed by atoms with Crippen molar-refractivity contribution in [1.29, 1.82) is 0 Å². The molecular formula is C68H114N4O31. The van der Waals surface area contributed by atoms with E-state index in [4.69, 9.17) is 47.4 Å². The number of carboxylic acid groups (broad SMARTS) is 1. The van der Waals surface area contributed by atoms with Gasteiger partial charge in [-0.3, -0.25) is 14.4 Å². The summed E-state index contributed by atoms with van der Waals surface area (Å²) in [5.74, 6) is -8.17. The molecule has 5 aliphatic heterocycles. The first kappa shape index (κ1) is 89.1. The van der Waals surface area contributed by atoms with Crippen molar-refractivity contribution in [2.75, 3.05) is 39.6 Å². The standard InChI is InChI=1S/C68H111N3O31.H3N/c1-4-5-6-7-8-9-10-11-12-13-14-15-16-17-21-28-47(82)71-39(40(79)27-23-22-26-38-24-19-18-20-25-38)35-93-64-56(89)54(87)58(45(33-75)96-64)98-66-57(90)62(102-68(67(91)92)29-41(80)48(69-36(2)77)61(101-68)50(83)42(81)30-72)59(46(34-76)97-66)99-63-49(70-37(3)78)60(52(85)44(32-74)94-63)100-65-55(88)53(86)51(84)43(31-73)95-65;/h18-20,22-27,39-46,48-66,72-76,79-81,83-90H,4-17,21,28-35H2,1-3H3,(H,69,77)(H,70,78)(H,71,82)(H,91,92);1H3/b26-22+,27-23+;/t39-,40+,41-,42+,43+,44+,45+,46+,48?,49+,50+,51-,52-,53-,54+,55+,56+,57+,58+,59-,60+,61?,62+,63-,64+,65-,66-,68-;/m0./s1. The molecule has 103 heavy (non-hydrogen) atoms. The largest absolute Gasteiger partial charge is 0.544 e. The summed E-state index contributed by atoms with van der Waals surface area (Å²) in [6.45, 7) is -2.08. The molecule has 5 fully saturated rings. The monoisotopic (exact) mass is 1480 g/mol. The van der Waals surface area contributed by atoms with Gasteiger partial charge in [-0.2, -0.15) is 0 Å². The van der Waals surface area contributed by atoms with Crippen molar-refractivity contribution >= 4 is 29.8 Å². The summed E-state index contributed by atoms with van der Waals surface area (Å²) < 4.78 is 59.6. The molecule has 3 amide bonds. The zero-order valence-electron chi connectivity index (χ0n) is 58.8. The number of carbonyl (C=O) groups excluding carboxylic acids is 4. The third kappa shape index (κ3) is 25.3. The topological polar surface area (TPSA) is 580 Å². The van der Waals surface area contributed by atoms with E-state index in [9.17, 15) is 106 Å². The number of rotatable bonds is 42. The molecule has 5 aliphatic rings. The summed E-state index contributed by atoms with van der Waals surface area (Å²) in [5, 5.41) is 198. The number of unbranched alkanes of at least 4 members (excludes halogenated alkanes) is 14. The van der Waals surface area contributed by atoms with Gasteiger partial charge in [0, 0.05) is 26.7 Å². The lowest BCUT2D eigenvalue weighted by atomic mass is 9.88. The molecule has 1 aromatic carbocycles. The molecule has 6 rings (SSSR count). The van der Waals surface area contributed by atoms with Crippen LogP contribution < -0.4 is 27.2 Å². The van der Waals surface area contributed by atoms with Crippen molar-refractivity contribution in [3.8, 4) is 0 Å². The highest BCUT2D eigenvalue weighted by atomic mass is 16.8. The first-order valence-corrected chi connectivity index (χ1v) is 35.3. The van der Waals surface area contributed by atoms with Gasteiger partial charge in [0.2, 0.25) is 23.5 Å². The smallest absolute Gasteiger partial charge is 0.220 e. The van der Waals surface area contributed by atoms with Crippen molar-refractivity contribution in [1.82, 2.24) is 22.1 Å². The number of ether oxygens (including phenoxy) is 10. The molecule has 35 nitrogen and oxygen atoms in total. The maximum absolute atomic E-state index is 13.7. The fourth-order valence-corrected chi connectivity index (χ4v) is 13.1. The van der Waals surface area contributed by atoms with Crippen LogP contribution in [0.5, 0.6) is 0 Å². The Morgan fingerprint density at radius 2 is 1.07 bits per heavy atom. The van der Waals surface area contributed by atoms with Gasteiger partial charge in [0.1, 0.15) is 122 Å². The second-order valence-corrected chi connectivity index (χ2v) is 26.7. The number of carbonyl (C=O) groups is 4. The van der Waals surface area contributed by atoms with E-state index in [1.165, 1.54) is 63.9 Å². The minimum absolute atomic E-state index is 0. The van der Waals surface area contributed by atoms with Crippen LogP contribution >= 0.6 is 0 Å². The lowest BCUT2D eigenvalue weighted by Crippen LogP contribution is -2.73. The number of quaternary nitrogens is 1. The number of aliphatic carboxylic acids is 1. The minimum Gasteiger partial charge on any atom is -0.544 e. The molecular weight excluding hydrogens is 1370 g/mol. The molecule has 0 spiro atoms. The van der Waals surface area contributed by atoms with Crippen molar-refractivity contribution < 1.29 is 153 Å². The number of hydrogen-bond donors (Lipinski definition) is 20. The summed E-state index contributed by atoms with van der Waals surface area (Å²) in [4.78, 5) is 52.7. The summed E-state index contributed by atoms with van der Waals surface area (Å²) >= 11 is 0. The van der Waals surface area contributed by atoms with E-state index < -0.39 is 241 Å². The lowest BCUT2D eigenvalue weighted by molar-refractivity contribution is -0.421. The van der Waals surface area contributed by atoms with Gasteiger partial charge in [-0.1, -0.05) is 151 Å². The van der Waals surface area contributed by atoms with E-state index in [1.54, 1.807) is 18.2 Å². The summed E-state index contributed by atoms with van der Waals surface area (Å²) in [6, 6.07) is 4.32. The van der Waals surface area contributed by atoms with Crippen molar-refractivity contribution in [2.24, 2.45) is 0 Å². The summed E-state index contributed by atoms with van der Waals surface area (Å²) in [7, 11) is 0. The fraction of sp³-hybridized carbons (Fsp3) is 0.794. The molecule has 23 N–H and O–H groups in total. The SMILES string of the molecule is CCCCCCCCCCCCCCCCCC(=O)N[C@@H](CO[C@@H]1O[C@H](CO)[C@@H](O[C@@H]2O[C@H](CO)[C@H](O[C@@H]3O[C@H](CO)[C@H](O)[C@H](O[C@@H]4O[C@H](CO)[C@H](O)[C@H](O)[C@H]4O)[C@H]3NC(C)=O)[C@H](O[C@]3(C(=O)[O-])C[C@H](O)C(NC(C)=O)C([C@H](O)[C@H](O)CO)O3)[C@H]2O)[C@H](O)[C@H]1O)[C@H](O)/C=C/C=C/c1ccccc1.[NH4+]. The van der Waals surface area contributed by atoms with Gasteiger partial charge in [0.05, 0.1) is 63.9 Å². The van der Waals surface area contributed by atoms with Crippen LogP contribution in [-0.4, -0.2) is 316 Å². The van der Waals surface area contributed by atoms with E-state index >= 15 is 0 Å². The van der Waals surface area contributed by atoms with E-state index in [2.05, 4.69) is 22.9 Å². The molecule has 592 valence electrons. The number of aliphatic hydroxyl groups excluding tert-OH is 16. The zero-order valence-corrected chi connectivity index (χ0v) is 58.8. The van der Waals surface area contributed by atoms with Crippen LogP contribution in [0.3, 0.4) is 0 Å². The van der Waals surface area contributed by atoms with E-state index in [0.29, 0.717) is 6.42 Å². The molecule has 35 heteroatoms. The second-order valence-electron chi connectivity index (χ2n) is 26.7. The Hall–Kier alpha value is -4.50. The maximum Gasteiger partial charge on any atom is 0.220 e. The van der Waals surface area contributed by atoms with Gasteiger partial charge < -0.3 is 161 Å². The number of aliphatic hydroxyl groups is 16. The molecule has 0 bridgehead atoms. The second kappa shape index (κ2) is 44.7. The summed E-state index contributed by atoms with van der Waals surface area (Å²) in [6.07, 6.45) is -28.1. The van der Waals surface area contributed by atoms with Crippen LogP contribution in [-0.2, 0) is 66.5 Å². The Bertz CT molecular complexity index is 2680. The fourth-order valence-electron chi connectivity index (χ4n) is 13.1. The van der Waals surface area contributed by atoms with Crippen LogP contribution in [0.25, 0.3) is 6.08 Å². The highest BCUT2D eigenvalue weighted by molar-refractivity contribution is 5.76. The Kier molecular flexibility index (Phi) is 38.7. The molecule has 5 heterocycles.